The monoisotopic (exact) mass is 510 g/mol. The summed E-state index contributed by atoms with van der Waals surface area (Å²) in [4.78, 5) is 24.4. The number of hydrogen-bond donors (Lipinski definition) is 3. The van der Waals surface area contributed by atoms with Crippen LogP contribution in [0.3, 0.4) is 0 Å². The molecule has 1 aliphatic rings. The summed E-state index contributed by atoms with van der Waals surface area (Å²) in [6.07, 6.45) is -0.0237. The van der Waals surface area contributed by atoms with Crippen molar-refractivity contribution in [1.29, 1.82) is 0 Å². The van der Waals surface area contributed by atoms with Gasteiger partial charge >= 0.3 is 5.97 Å². The topological polar surface area (TPSA) is 124 Å². The predicted octanol–water partition coefficient (Wildman–Crippen LogP) is 2.64. The predicted molar refractivity (Wildman–Crippen MR) is 116 cm³/mol. The van der Waals surface area contributed by atoms with Crippen LogP contribution in [0.5, 0.6) is 5.75 Å². The molecule has 2 atom stereocenters. The Morgan fingerprint density at radius 1 is 1.27 bits per heavy atom. The van der Waals surface area contributed by atoms with E-state index in [0.29, 0.717) is 5.56 Å². The summed E-state index contributed by atoms with van der Waals surface area (Å²) < 4.78 is 26.9. The number of thiophene rings is 1. The Balaban J connectivity index is 1.76. The number of carbonyl (C=O) groups excluding carboxylic acids is 1. The third-order valence-corrected chi connectivity index (χ3v) is 9.67. The molecule has 1 aliphatic heterocycles. The van der Waals surface area contributed by atoms with Crippen LogP contribution in [-0.4, -0.2) is 58.5 Å². The number of aromatic hydroxyl groups is 1. The van der Waals surface area contributed by atoms with Gasteiger partial charge in [0, 0.05) is 12.2 Å². The molecule has 1 saturated heterocycles. The molecule has 3 N–H and O–H groups in total. The zero-order chi connectivity index (χ0) is 22.1. The number of rotatable bonds is 7. The van der Waals surface area contributed by atoms with E-state index in [-0.39, 0.29) is 37.4 Å². The first-order valence-electron chi connectivity index (χ1n) is 8.45. The average molecular weight is 511 g/mol. The molecule has 2 aromatic rings. The highest BCUT2D eigenvalue weighted by Gasteiger charge is 2.42. The molecular weight excluding hydrogens is 495 g/mol. The number of carboxylic acid groups (broad SMARTS) is 1. The number of nitrogens with one attached hydrogen (secondary N) is 1. The van der Waals surface area contributed by atoms with Crippen LogP contribution in [0.1, 0.15) is 5.56 Å². The normalized spacial score (nSPS) is 18.3. The van der Waals surface area contributed by atoms with Crippen molar-refractivity contribution in [1.82, 2.24) is 9.62 Å². The molecule has 13 heteroatoms. The number of halogens is 2. The maximum absolute atomic E-state index is 12.9. The molecule has 0 unspecified atom stereocenters. The Morgan fingerprint density at radius 3 is 2.50 bits per heavy atom. The van der Waals surface area contributed by atoms with E-state index in [4.69, 9.17) is 23.2 Å². The van der Waals surface area contributed by atoms with E-state index in [9.17, 15) is 28.2 Å². The number of nitrogens with zero attached hydrogens (tertiary/aromatic N) is 1. The van der Waals surface area contributed by atoms with Crippen LogP contribution < -0.4 is 5.32 Å². The van der Waals surface area contributed by atoms with E-state index in [2.05, 4.69) is 5.32 Å². The molecule has 2 heterocycles. The van der Waals surface area contributed by atoms with Crippen molar-refractivity contribution in [2.75, 3.05) is 11.6 Å². The van der Waals surface area contributed by atoms with Crippen molar-refractivity contribution in [3.63, 3.8) is 0 Å². The fraction of sp³-hybridized carbons (Fsp3) is 0.294. The number of phenols is 1. The Morgan fingerprint density at radius 2 is 1.93 bits per heavy atom. The van der Waals surface area contributed by atoms with E-state index < -0.39 is 34.0 Å². The van der Waals surface area contributed by atoms with Gasteiger partial charge in [-0.1, -0.05) is 35.3 Å². The first-order chi connectivity index (χ1) is 14.1. The van der Waals surface area contributed by atoms with Crippen LogP contribution in [-0.2, 0) is 26.0 Å². The van der Waals surface area contributed by atoms with Gasteiger partial charge in [0.2, 0.25) is 5.91 Å². The van der Waals surface area contributed by atoms with E-state index in [1.807, 2.05) is 0 Å². The summed E-state index contributed by atoms with van der Waals surface area (Å²) in [5, 5.41) is 21.4. The molecular formula is C17H16Cl2N2O6S3. The number of carbonyl (C=O) groups is 2. The minimum absolute atomic E-state index is 0.0237. The molecule has 162 valence electrons. The smallest absolute Gasteiger partial charge is 0.326 e. The number of sulfonamides is 1. The van der Waals surface area contributed by atoms with Gasteiger partial charge in [-0.25, -0.2) is 13.2 Å². The van der Waals surface area contributed by atoms with E-state index >= 15 is 0 Å². The number of hydrogen-bond acceptors (Lipinski definition) is 7. The fourth-order valence-electron chi connectivity index (χ4n) is 2.78. The Hall–Kier alpha value is -1.50. The van der Waals surface area contributed by atoms with Crippen molar-refractivity contribution in [2.45, 2.75) is 22.7 Å². The molecule has 0 bridgehead atoms. The van der Waals surface area contributed by atoms with Crippen molar-refractivity contribution in [2.24, 2.45) is 0 Å². The molecule has 1 fully saturated rings. The molecule has 0 saturated carbocycles. The number of amides is 1. The van der Waals surface area contributed by atoms with Crippen LogP contribution in [0.4, 0.5) is 0 Å². The highest BCUT2D eigenvalue weighted by atomic mass is 35.5. The molecule has 1 aromatic heterocycles. The number of thioether (sulfide) groups is 1. The summed E-state index contributed by atoms with van der Waals surface area (Å²) in [7, 11) is -4.03. The first-order valence-corrected chi connectivity index (χ1v) is 12.6. The third-order valence-electron chi connectivity index (χ3n) is 4.32. The molecule has 1 amide bonds. The largest absolute Gasteiger partial charge is 0.508 e. The maximum atomic E-state index is 12.9. The second-order valence-corrected chi connectivity index (χ2v) is 11.5. The number of aliphatic carboxylic acids is 1. The SMILES string of the molecule is O=C(O)[C@H](Cc1ccc(O)cc1)NC(=O)[C@@H]1CSCN1S(=O)(=O)c1cc(Cl)c(Cl)s1. The lowest BCUT2D eigenvalue weighted by atomic mass is 10.1. The van der Waals surface area contributed by atoms with Crippen molar-refractivity contribution < 1.29 is 28.2 Å². The second-order valence-electron chi connectivity index (χ2n) is 6.36. The lowest BCUT2D eigenvalue weighted by Gasteiger charge is -2.23. The summed E-state index contributed by atoms with van der Waals surface area (Å²) in [5.41, 5.74) is 0.591. The van der Waals surface area contributed by atoms with E-state index in [0.717, 1.165) is 15.6 Å². The van der Waals surface area contributed by atoms with Crippen LogP contribution in [0.15, 0.2) is 34.5 Å². The van der Waals surface area contributed by atoms with Gasteiger partial charge in [-0.2, -0.15) is 4.31 Å². The quantitative estimate of drug-likeness (QED) is 0.522. The van der Waals surface area contributed by atoms with Crippen LogP contribution in [0, 0.1) is 0 Å². The van der Waals surface area contributed by atoms with Crippen molar-refractivity contribution in [3.8, 4) is 5.75 Å². The average Bonchev–Trinajstić information content (AvgIpc) is 3.31. The fourth-order valence-corrected chi connectivity index (χ4v) is 7.94. The summed E-state index contributed by atoms with van der Waals surface area (Å²) in [5.74, 6) is -1.70. The van der Waals surface area contributed by atoms with Crippen LogP contribution >= 0.6 is 46.3 Å². The molecule has 3 rings (SSSR count). The van der Waals surface area contributed by atoms with Crippen LogP contribution in [0.25, 0.3) is 0 Å². The standard InChI is InChI=1S/C17H16Cl2N2O6S3/c18-11-6-14(29-15(11)19)30(26,27)21-8-28-7-13(21)16(23)20-12(17(24)25)5-9-1-3-10(22)4-2-9/h1-4,6,12-13,22H,5,7-8H2,(H,20,23)(H,24,25)/t12-,13-/m0/s1. The number of phenolic OH excluding ortho intramolecular Hbond substituents is 1. The van der Waals surface area contributed by atoms with Gasteiger partial charge in [0.15, 0.2) is 0 Å². The Labute approximate surface area is 190 Å². The first kappa shape index (κ1) is 23.2. The summed E-state index contributed by atoms with van der Waals surface area (Å²) in [6, 6.07) is 4.81. The van der Waals surface area contributed by atoms with Crippen molar-refractivity contribution >= 4 is 68.2 Å². The van der Waals surface area contributed by atoms with Gasteiger partial charge < -0.3 is 15.5 Å². The van der Waals surface area contributed by atoms with Gasteiger partial charge in [0.05, 0.1) is 10.9 Å². The molecule has 1 aromatic carbocycles. The Bertz CT molecular complexity index is 1040. The van der Waals surface area contributed by atoms with Crippen LogP contribution in [0.2, 0.25) is 9.36 Å². The Kier molecular flexibility index (Phi) is 7.20. The zero-order valence-corrected chi connectivity index (χ0v) is 19.1. The van der Waals surface area contributed by atoms with Gasteiger partial charge in [0.25, 0.3) is 10.0 Å². The number of carboxylic acids is 1. The zero-order valence-electron chi connectivity index (χ0n) is 15.1. The maximum Gasteiger partial charge on any atom is 0.326 e. The van der Waals surface area contributed by atoms with Gasteiger partial charge in [-0.05, 0) is 23.8 Å². The third kappa shape index (κ3) is 5.04. The van der Waals surface area contributed by atoms with E-state index in [1.54, 1.807) is 12.1 Å². The molecule has 0 aliphatic carbocycles. The van der Waals surface area contributed by atoms with E-state index in [1.165, 1.54) is 30.0 Å². The minimum atomic E-state index is -4.03. The summed E-state index contributed by atoms with van der Waals surface area (Å²) >= 11 is 13.8. The molecule has 30 heavy (non-hydrogen) atoms. The van der Waals surface area contributed by atoms with Crippen molar-refractivity contribution in [3.05, 3.63) is 45.3 Å². The number of benzene rings is 1. The highest BCUT2D eigenvalue weighted by molar-refractivity contribution is 8.01. The molecule has 0 spiro atoms. The minimum Gasteiger partial charge on any atom is -0.508 e. The van der Waals surface area contributed by atoms with Gasteiger partial charge in [-0.15, -0.1) is 23.1 Å². The molecule has 0 radical (unpaired) electrons. The molecule has 8 nitrogen and oxygen atoms in total. The summed E-state index contributed by atoms with van der Waals surface area (Å²) in [6.45, 7) is 0. The second kappa shape index (κ2) is 9.33. The van der Waals surface area contributed by atoms with Gasteiger partial charge in [0.1, 0.15) is 26.4 Å². The van der Waals surface area contributed by atoms with Gasteiger partial charge in [-0.3, -0.25) is 4.79 Å². The lowest BCUT2D eigenvalue weighted by molar-refractivity contribution is -0.142. The lowest BCUT2D eigenvalue weighted by Crippen LogP contribution is -2.52. The highest BCUT2D eigenvalue weighted by Crippen LogP contribution is 2.38.